The van der Waals surface area contributed by atoms with E-state index in [2.05, 4.69) is 10.0 Å². The second kappa shape index (κ2) is 8.57. The van der Waals surface area contributed by atoms with Gasteiger partial charge in [0, 0.05) is 21.7 Å². The Bertz CT molecular complexity index is 1080. The number of carbonyl (C=O) groups is 1. The average molecular weight is 457 g/mol. The standard InChI is InChI=1S/C17H17ClN4O5S2/c18-10-1-4-16-12(7-10)14(5-6-28-16)21-17(23)9-20-29(26,27)11-2-3-13(19)15(8-11)22(24)25/h1-4,7-8,14,20H,5-6,9,19H2,(H,21,23). The highest BCUT2D eigenvalue weighted by Gasteiger charge is 2.24. The molecule has 0 bridgehead atoms. The van der Waals surface area contributed by atoms with Crippen LogP contribution in [-0.4, -0.2) is 31.5 Å². The number of nitro benzene ring substituents is 1. The van der Waals surface area contributed by atoms with Gasteiger partial charge in [-0.1, -0.05) is 11.6 Å². The first-order valence-corrected chi connectivity index (χ1v) is 11.3. The van der Waals surface area contributed by atoms with Crippen molar-refractivity contribution < 1.29 is 18.1 Å². The normalized spacial score (nSPS) is 16.1. The third kappa shape index (κ3) is 4.99. The highest BCUT2D eigenvalue weighted by Crippen LogP contribution is 2.37. The van der Waals surface area contributed by atoms with Crippen LogP contribution in [0.4, 0.5) is 11.4 Å². The number of carbonyl (C=O) groups excluding carboxylic acids is 1. The van der Waals surface area contributed by atoms with Gasteiger partial charge in [-0.05, 0) is 42.3 Å². The molecule has 0 spiro atoms. The maximum atomic E-state index is 12.4. The van der Waals surface area contributed by atoms with Crippen LogP contribution in [0.25, 0.3) is 0 Å². The van der Waals surface area contributed by atoms with Crippen LogP contribution in [0.1, 0.15) is 18.0 Å². The van der Waals surface area contributed by atoms with Crippen LogP contribution in [-0.2, 0) is 14.8 Å². The molecular weight excluding hydrogens is 440 g/mol. The number of rotatable bonds is 6. The number of thioether (sulfide) groups is 1. The molecule has 1 unspecified atom stereocenters. The zero-order valence-corrected chi connectivity index (χ0v) is 17.3. The molecule has 0 saturated heterocycles. The van der Waals surface area contributed by atoms with Gasteiger partial charge in [0.1, 0.15) is 5.69 Å². The van der Waals surface area contributed by atoms with E-state index in [1.54, 1.807) is 23.9 Å². The van der Waals surface area contributed by atoms with Crippen molar-refractivity contribution in [2.45, 2.75) is 22.3 Å². The van der Waals surface area contributed by atoms with E-state index in [0.717, 1.165) is 34.4 Å². The minimum absolute atomic E-state index is 0.154. The first-order chi connectivity index (χ1) is 13.7. The second-order valence-electron chi connectivity index (χ2n) is 6.24. The van der Waals surface area contributed by atoms with Gasteiger partial charge in [0.2, 0.25) is 15.9 Å². The van der Waals surface area contributed by atoms with Crippen molar-refractivity contribution in [3.63, 3.8) is 0 Å². The van der Waals surface area contributed by atoms with E-state index in [-0.39, 0.29) is 16.6 Å². The molecule has 2 aromatic carbocycles. The summed E-state index contributed by atoms with van der Waals surface area (Å²) in [4.78, 5) is 23.1. The monoisotopic (exact) mass is 456 g/mol. The number of benzene rings is 2. The van der Waals surface area contributed by atoms with Crippen molar-refractivity contribution in [2.75, 3.05) is 18.0 Å². The SMILES string of the molecule is Nc1ccc(S(=O)(=O)NCC(=O)NC2CCSc3ccc(Cl)cc32)cc1[N+](=O)[O-]. The molecule has 0 aromatic heterocycles. The second-order valence-corrected chi connectivity index (χ2v) is 9.58. The van der Waals surface area contributed by atoms with E-state index in [4.69, 9.17) is 17.3 Å². The molecule has 0 aliphatic carbocycles. The Labute approximate surface area is 176 Å². The van der Waals surface area contributed by atoms with Crippen molar-refractivity contribution in [3.8, 4) is 0 Å². The first-order valence-electron chi connectivity index (χ1n) is 8.42. The van der Waals surface area contributed by atoms with Crippen LogP contribution >= 0.6 is 23.4 Å². The summed E-state index contributed by atoms with van der Waals surface area (Å²) in [5.41, 5.74) is 5.69. The number of sulfonamides is 1. The van der Waals surface area contributed by atoms with Gasteiger partial charge < -0.3 is 11.1 Å². The fourth-order valence-electron chi connectivity index (χ4n) is 2.85. The third-order valence-corrected chi connectivity index (χ3v) is 7.03. The maximum Gasteiger partial charge on any atom is 0.293 e. The number of fused-ring (bicyclic) bond motifs is 1. The molecule has 29 heavy (non-hydrogen) atoms. The number of nitrogens with two attached hydrogens (primary N) is 1. The Morgan fingerprint density at radius 2 is 2.07 bits per heavy atom. The summed E-state index contributed by atoms with van der Waals surface area (Å²) in [7, 11) is -4.13. The van der Waals surface area contributed by atoms with Crippen LogP contribution in [0.5, 0.6) is 0 Å². The van der Waals surface area contributed by atoms with E-state index in [0.29, 0.717) is 11.4 Å². The lowest BCUT2D eigenvalue weighted by atomic mass is 10.0. The summed E-state index contributed by atoms with van der Waals surface area (Å²) in [5.74, 6) is 0.279. The molecule has 1 aliphatic rings. The minimum atomic E-state index is -4.13. The van der Waals surface area contributed by atoms with Crippen molar-refractivity contribution >= 4 is 50.7 Å². The number of hydrogen-bond acceptors (Lipinski definition) is 7. The molecular formula is C17H17ClN4O5S2. The lowest BCUT2D eigenvalue weighted by molar-refractivity contribution is -0.384. The van der Waals surface area contributed by atoms with Crippen LogP contribution < -0.4 is 15.8 Å². The average Bonchev–Trinajstić information content (AvgIpc) is 2.67. The number of anilines is 1. The third-order valence-electron chi connectivity index (χ3n) is 4.28. The number of nitrogens with one attached hydrogen (secondary N) is 2. The number of hydrogen-bond donors (Lipinski definition) is 3. The predicted octanol–water partition coefficient (Wildman–Crippen LogP) is 2.46. The Morgan fingerprint density at radius 3 is 2.79 bits per heavy atom. The molecule has 3 rings (SSSR count). The van der Waals surface area contributed by atoms with Crippen LogP contribution in [0.3, 0.4) is 0 Å². The van der Waals surface area contributed by atoms with E-state index >= 15 is 0 Å². The van der Waals surface area contributed by atoms with E-state index in [1.165, 1.54) is 0 Å². The molecule has 154 valence electrons. The molecule has 4 N–H and O–H groups in total. The Balaban J connectivity index is 1.68. The van der Waals surface area contributed by atoms with Crippen LogP contribution in [0.15, 0.2) is 46.2 Å². The molecule has 1 heterocycles. The smallest absolute Gasteiger partial charge is 0.293 e. The number of amides is 1. The molecule has 0 saturated carbocycles. The molecule has 1 atom stereocenters. The summed E-state index contributed by atoms with van der Waals surface area (Å²) < 4.78 is 26.9. The summed E-state index contributed by atoms with van der Waals surface area (Å²) >= 11 is 7.70. The largest absolute Gasteiger partial charge is 0.393 e. The van der Waals surface area contributed by atoms with Gasteiger partial charge >= 0.3 is 0 Å². The Morgan fingerprint density at radius 1 is 1.31 bits per heavy atom. The van der Waals surface area contributed by atoms with Crippen molar-refractivity contribution in [2.24, 2.45) is 0 Å². The zero-order chi connectivity index (χ0) is 21.2. The van der Waals surface area contributed by atoms with Gasteiger partial charge in [-0.3, -0.25) is 14.9 Å². The number of nitrogen functional groups attached to an aromatic ring is 1. The molecule has 1 amide bonds. The molecule has 0 fully saturated rings. The summed E-state index contributed by atoms with van der Waals surface area (Å²) in [5, 5.41) is 14.3. The minimum Gasteiger partial charge on any atom is -0.393 e. The Hall–Kier alpha value is -2.34. The van der Waals surface area contributed by atoms with E-state index < -0.39 is 33.1 Å². The quantitative estimate of drug-likeness (QED) is 0.344. The fourth-order valence-corrected chi connectivity index (χ4v) is 5.14. The first kappa shape index (κ1) is 21.4. The molecule has 9 nitrogen and oxygen atoms in total. The van der Waals surface area contributed by atoms with Crippen molar-refractivity contribution in [3.05, 3.63) is 57.1 Å². The van der Waals surface area contributed by atoms with Crippen LogP contribution in [0, 0.1) is 10.1 Å². The van der Waals surface area contributed by atoms with Gasteiger partial charge in [0.15, 0.2) is 0 Å². The van der Waals surface area contributed by atoms with Crippen molar-refractivity contribution in [1.29, 1.82) is 0 Å². The Kier molecular flexibility index (Phi) is 6.32. The summed E-state index contributed by atoms with van der Waals surface area (Å²) in [6, 6.07) is 8.29. The number of halogens is 1. The summed E-state index contributed by atoms with van der Waals surface area (Å²) in [6.45, 7) is -0.514. The van der Waals surface area contributed by atoms with Gasteiger partial charge in [0.05, 0.1) is 22.4 Å². The zero-order valence-electron chi connectivity index (χ0n) is 14.9. The summed E-state index contributed by atoms with van der Waals surface area (Å²) in [6.07, 6.45) is 0.681. The van der Waals surface area contributed by atoms with Gasteiger partial charge in [0.25, 0.3) is 5.69 Å². The number of nitro groups is 1. The lowest BCUT2D eigenvalue weighted by Crippen LogP contribution is -2.39. The molecule has 2 aromatic rings. The van der Waals surface area contributed by atoms with E-state index in [1.807, 2.05) is 6.07 Å². The molecule has 1 aliphatic heterocycles. The van der Waals surface area contributed by atoms with Gasteiger partial charge in [-0.15, -0.1) is 11.8 Å². The van der Waals surface area contributed by atoms with Gasteiger partial charge in [-0.25, -0.2) is 13.1 Å². The van der Waals surface area contributed by atoms with Gasteiger partial charge in [-0.2, -0.15) is 0 Å². The molecule has 12 heteroatoms. The highest BCUT2D eigenvalue weighted by atomic mass is 35.5. The topological polar surface area (TPSA) is 144 Å². The maximum absolute atomic E-state index is 12.4. The van der Waals surface area contributed by atoms with E-state index in [9.17, 15) is 23.3 Å². The lowest BCUT2D eigenvalue weighted by Gasteiger charge is -2.26. The molecule has 0 radical (unpaired) electrons. The van der Waals surface area contributed by atoms with Crippen LogP contribution in [0.2, 0.25) is 5.02 Å². The fraction of sp³-hybridized carbons (Fsp3) is 0.235. The predicted molar refractivity (Wildman–Crippen MR) is 110 cm³/mol. The highest BCUT2D eigenvalue weighted by molar-refractivity contribution is 7.99. The number of nitrogens with zero attached hydrogens (tertiary/aromatic N) is 1. The van der Waals surface area contributed by atoms with Crippen molar-refractivity contribution in [1.82, 2.24) is 10.0 Å².